The van der Waals surface area contributed by atoms with Gasteiger partial charge in [-0.25, -0.2) is 9.67 Å². The SMILES string of the molecule is Cc1nc(C(=O)NCc2ccccc2-c2ccccc2)nn1-c1ccccc1. The van der Waals surface area contributed by atoms with Crippen molar-refractivity contribution in [2.45, 2.75) is 13.5 Å². The van der Waals surface area contributed by atoms with Crippen molar-refractivity contribution in [1.82, 2.24) is 20.1 Å². The van der Waals surface area contributed by atoms with E-state index in [1.807, 2.05) is 73.7 Å². The van der Waals surface area contributed by atoms with Gasteiger partial charge in [-0.05, 0) is 35.7 Å². The van der Waals surface area contributed by atoms with Crippen molar-refractivity contribution in [2.75, 3.05) is 0 Å². The molecule has 5 heteroatoms. The number of aromatic nitrogens is 3. The Hall–Kier alpha value is -3.73. The number of hydrogen-bond donors (Lipinski definition) is 1. The quantitative estimate of drug-likeness (QED) is 0.575. The number of nitrogens with one attached hydrogen (secondary N) is 1. The van der Waals surface area contributed by atoms with Crippen LogP contribution in [0.1, 0.15) is 22.0 Å². The molecule has 0 bridgehead atoms. The van der Waals surface area contributed by atoms with E-state index in [0.29, 0.717) is 12.4 Å². The molecule has 1 amide bonds. The van der Waals surface area contributed by atoms with Gasteiger partial charge in [-0.3, -0.25) is 4.79 Å². The summed E-state index contributed by atoms with van der Waals surface area (Å²) >= 11 is 0. The normalized spacial score (nSPS) is 10.6. The number of amides is 1. The van der Waals surface area contributed by atoms with Crippen molar-refractivity contribution < 1.29 is 4.79 Å². The van der Waals surface area contributed by atoms with Crippen LogP contribution >= 0.6 is 0 Å². The summed E-state index contributed by atoms with van der Waals surface area (Å²) in [6.45, 7) is 2.24. The molecule has 0 saturated heterocycles. The Labute approximate surface area is 163 Å². The topological polar surface area (TPSA) is 59.8 Å². The number of nitrogens with zero attached hydrogens (tertiary/aromatic N) is 3. The molecule has 3 aromatic carbocycles. The summed E-state index contributed by atoms with van der Waals surface area (Å²) in [5.74, 6) is 0.542. The Balaban J connectivity index is 1.52. The number of para-hydroxylation sites is 1. The van der Waals surface area contributed by atoms with Crippen LogP contribution < -0.4 is 5.32 Å². The highest BCUT2D eigenvalue weighted by molar-refractivity contribution is 5.90. The predicted molar refractivity (Wildman–Crippen MR) is 109 cm³/mol. The molecule has 0 aliphatic carbocycles. The zero-order valence-electron chi connectivity index (χ0n) is 15.5. The maximum atomic E-state index is 12.6. The van der Waals surface area contributed by atoms with Crippen LogP contribution in [0.2, 0.25) is 0 Å². The summed E-state index contributed by atoms with van der Waals surface area (Å²) in [4.78, 5) is 16.9. The molecule has 5 nitrogen and oxygen atoms in total. The molecule has 0 fully saturated rings. The summed E-state index contributed by atoms with van der Waals surface area (Å²) in [7, 11) is 0. The second-order valence-electron chi connectivity index (χ2n) is 6.44. The molecule has 1 N–H and O–H groups in total. The molecule has 138 valence electrons. The first-order chi connectivity index (χ1) is 13.7. The standard InChI is InChI=1S/C23H20N4O/c1-17-25-22(26-27(17)20-13-6-3-7-14-20)23(28)24-16-19-12-8-9-15-21(19)18-10-4-2-5-11-18/h2-15H,16H2,1H3,(H,24,28). The van der Waals surface area contributed by atoms with E-state index in [-0.39, 0.29) is 11.7 Å². The van der Waals surface area contributed by atoms with Crippen LogP contribution in [0.3, 0.4) is 0 Å². The summed E-state index contributed by atoms with van der Waals surface area (Å²) < 4.78 is 1.67. The molecule has 28 heavy (non-hydrogen) atoms. The van der Waals surface area contributed by atoms with Crippen LogP contribution in [-0.2, 0) is 6.54 Å². The van der Waals surface area contributed by atoms with Gasteiger partial charge in [0, 0.05) is 6.54 Å². The fourth-order valence-electron chi connectivity index (χ4n) is 3.13. The second-order valence-corrected chi connectivity index (χ2v) is 6.44. The summed E-state index contributed by atoms with van der Waals surface area (Å²) in [5.41, 5.74) is 4.14. The molecule has 0 radical (unpaired) electrons. The van der Waals surface area contributed by atoms with E-state index >= 15 is 0 Å². The van der Waals surface area contributed by atoms with Gasteiger partial charge in [0.1, 0.15) is 5.82 Å². The number of carbonyl (C=O) groups excluding carboxylic acids is 1. The van der Waals surface area contributed by atoms with E-state index in [1.165, 1.54) is 0 Å². The number of hydrogen-bond acceptors (Lipinski definition) is 3. The van der Waals surface area contributed by atoms with Crippen molar-refractivity contribution in [3.8, 4) is 16.8 Å². The van der Waals surface area contributed by atoms with E-state index in [2.05, 4.69) is 33.6 Å². The molecule has 0 saturated carbocycles. The largest absolute Gasteiger partial charge is 0.345 e. The van der Waals surface area contributed by atoms with E-state index in [0.717, 1.165) is 22.4 Å². The first-order valence-electron chi connectivity index (χ1n) is 9.13. The highest BCUT2D eigenvalue weighted by Crippen LogP contribution is 2.23. The van der Waals surface area contributed by atoms with E-state index in [4.69, 9.17) is 0 Å². The smallest absolute Gasteiger partial charge is 0.291 e. The zero-order valence-corrected chi connectivity index (χ0v) is 15.5. The lowest BCUT2D eigenvalue weighted by Crippen LogP contribution is -2.24. The first-order valence-corrected chi connectivity index (χ1v) is 9.13. The molecule has 4 rings (SSSR count). The molecule has 1 aromatic heterocycles. The minimum Gasteiger partial charge on any atom is -0.345 e. The van der Waals surface area contributed by atoms with Gasteiger partial charge in [0.15, 0.2) is 0 Å². The number of rotatable bonds is 5. The van der Waals surface area contributed by atoms with Gasteiger partial charge in [0.2, 0.25) is 5.82 Å². The van der Waals surface area contributed by atoms with Crippen molar-refractivity contribution >= 4 is 5.91 Å². The molecule has 0 atom stereocenters. The van der Waals surface area contributed by atoms with Crippen molar-refractivity contribution in [3.63, 3.8) is 0 Å². The van der Waals surface area contributed by atoms with Crippen LogP contribution in [0.15, 0.2) is 84.9 Å². The molecule has 0 aliphatic heterocycles. The van der Waals surface area contributed by atoms with Gasteiger partial charge in [-0.2, -0.15) is 0 Å². The fourth-order valence-corrected chi connectivity index (χ4v) is 3.13. The maximum absolute atomic E-state index is 12.6. The van der Waals surface area contributed by atoms with E-state index in [1.54, 1.807) is 4.68 Å². The fraction of sp³-hybridized carbons (Fsp3) is 0.0870. The maximum Gasteiger partial charge on any atom is 0.291 e. The van der Waals surface area contributed by atoms with Crippen LogP contribution in [0.5, 0.6) is 0 Å². The summed E-state index contributed by atoms with van der Waals surface area (Å²) in [5, 5.41) is 7.31. The minimum absolute atomic E-state index is 0.165. The predicted octanol–water partition coefficient (Wildman–Crippen LogP) is 4.17. The second kappa shape index (κ2) is 7.88. The molecule has 4 aromatic rings. The van der Waals surface area contributed by atoms with Crippen molar-refractivity contribution in [1.29, 1.82) is 0 Å². The number of benzene rings is 3. The van der Waals surface area contributed by atoms with Gasteiger partial charge >= 0.3 is 0 Å². The van der Waals surface area contributed by atoms with Gasteiger partial charge in [0.05, 0.1) is 5.69 Å². The Bertz CT molecular complexity index is 1090. The van der Waals surface area contributed by atoms with Gasteiger partial charge in [-0.15, -0.1) is 5.10 Å². The lowest BCUT2D eigenvalue weighted by atomic mass is 10.00. The van der Waals surface area contributed by atoms with Crippen LogP contribution in [0, 0.1) is 6.92 Å². The highest BCUT2D eigenvalue weighted by Gasteiger charge is 2.15. The number of aryl methyl sites for hydroxylation is 1. The summed E-state index contributed by atoms with van der Waals surface area (Å²) in [6.07, 6.45) is 0. The van der Waals surface area contributed by atoms with Crippen LogP contribution in [-0.4, -0.2) is 20.7 Å². The highest BCUT2D eigenvalue weighted by atomic mass is 16.2. The molecule has 1 heterocycles. The van der Waals surface area contributed by atoms with E-state index in [9.17, 15) is 4.79 Å². The lowest BCUT2D eigenvalue weighted by molar-refractivity contribution is 0.0940. The third-order valence-electron chi connectivity index (χ3n) is 4.51. The minimum atomic E-state index is -0.291. The Morgan fingerprint density at radius 1 is 0.893 bits per heavy atom. The molecular formula is C23H20N4O. The van der Waals surface area contributed by atoms with Gasteiger partial charge in [-0.1, -0.05) is 72.8 Å². The average Bonchev–Trinajstić information content (AvgIpc) is 3.15. The van der Waals surface area contributed by atoms with E-state index < -0.39 is 0 Å². The Morgan fingerprint density at radius 3 is 2.29 bits per heavy atom. The van der Waals surface area contributed by atoms with Crippen molar-refractivity contribution in [2.24, 2.45) is 0 Å². The summed E-state index contributed by atoms with van der Waals surface area (Å²) in [6, 6.07) is 27.8. The lowest BCUT2D eigenvalue weighted by Gasteiger charge is -2.10. The average molecular weight is 368 g/mol. The first kappa shape index (κ1) is 17.7. The third kappa shape index (κ3) is 3.69. The van der Waals surface area contributed by atoms with Crippen LogP contribution in [0.25, 0.3) is 16.8 Å². The number of carbonyl (C=O) groups is 1. The monoisotopic (exact) mass is 368 g/mol. The third-order valence-corrected chi connectivity index (χ3v) is 4.51. The van der Waals surface area contributed by atoms with Gasteiger partial charge < -0.3 is 5.32 Å². The Morgan fingerprint density at radius 2 is 1.54 bits per heavy atom. The Kier molecular flexibility index (Phi) is 4.97. The zero-order chi connectivity index (χ0) is 19.3. The molecule has 0 spiro atoms. The molecule has 0 unspecified atom stereocenters. The van der Waals surface area contributed by atoms with Gasteiger partial charge in [0.25, 0.3) is 5.91 Å². The van der Waals surface area contributed by atoms with Crippen LogP contribution in [0.4, 0.5) is 0 Å². The molecule has 0 aliphatic rings. The molecular weight excluding hydrogens is 348 g/mol. The van der Waals surface area contributed by atoms with Crippen molar-refractivity contribution in [3.05, 3.63) is 102 Å².